The number of fused-ring (bicyclic) bond motifs is 3. The highest BCUT2D eigenvalue weighted by molar-refractivity contribution is 5.61. The summed E-state index contributed by atoms with van der Waals surface area (Å²) in [4.78, 5) is 16.6. The van der Waals surface area contributed by atoms with Crippen molar-refractivity contribution in [3.05, 3.63) is 71.2 Å². The van der Waals surface area contributed by atoms with Gasteiger partial charge in [-0.25, -0.2) is 9.97 Å². The Morgan fingerprint density at radius 1 is 0.966 bits per heavy atom. The van der Waals surface area contributed by atoms with Gasteiger partial charge in [0, 0.05) is 35.8 Å². The lowest BCUT2D eigenvalue weighted by atomic mass is 9.93. The Balaban J connectivity index is 1.42. The number of rotatable bonds is 2. The maximum atomic E-state index is 6.45. The zero-order valence-electron chi connectivity index (χ0n) is 16.5. The molecule has 1 saturated heterocycles. The summed E-state index contributed by atoms with van der Waals surface area (Å²) in [6, 6.07) is 12.8. The van der Waals surface area contributed by atoms with Crippen LogP contribution in [0.2, 0.25) is 0 Å². The van der Waals surface area contributed by atoms with Crippen molar-refractivity contribution < 1.29 is 4.74 Å². The fourth-order valence-electron chi connectivity index (χ4n) is 5.24. The minimum atomic E-state index is -0.206. The van der Waals surface area contributed by atoms with Crippen molar-refractivity contribution in [1.29, 1.82) is 0 Å². The largest absolute Gasteiger partial charge is 0.367 e. The number of anilines is 1. The highest BCUT2D eigenvalue weighted by atomic mass is 16.5. The van der Waals surface area contributed by atoms with Gasteiger partial charge < -0.3 is 9.64 Å². The Morgan fingerprint density at radius 3 is 2.79 bits per heavy atom. The van der Waals surface area contributed by atoms with Crippen LogP contribution in [0.15, 0.2) is 48.8 Å². The third kappa shape index (κ3) is 2.76. The summed E-state index contributed by atoms with van der Waals surface area (Å²) in [5, 5.41) is 0. The SMILES string of the molecule is c1ccc2c(c1)CCC21CN(c2nc(-c3ccncc3)nc3c2CCC3)CCO1. The molecule has 3 aromatic rings. The first-order chi connectivity index (χ1) is 14.3. The van der Waals surface area contributed by atoms with Crippen molar-refractivity contribution in [3.63, 3.8) is 0 Å². The minimum Gasteiger partial charge on any atom is -0.367 e. The highest BCUT2D eigenvalue weighted by Gasteiger charge is 2.44. The van der Waals surface area contributed by atoms with Crippen LogP contribution in [0.5, 0.6) is 0 Å². The minimum absolute atomic E-state index is 0.206. The van der Waals surface area contributed by atoms with Crippen LogP contribution < -0.4 is 4.90 Å². The normalized spacial score (nSPS) is 22.7. The Labute approximate surface area is 170 Å². The molecule has 5 nitrogen and oxygen atoms in total. The van der Waals surface area contributed by atoms with E-state index in [1.807, 2.05) is 24.5 Å². The second-order valence-electron chi connectivity index (χ2n) is 8.31. The van der Waals surface area contributed by atoms with E-state index in [-0.39, 0.29) is 5.60 Å². The third-order valence-corrected chi connectivity index (χ3v) is 6.64. The summed E-state index contributed by atoms with van der Waals surface area (Å²) in [5.74, 6) is 1.93. The van der Waals surface area contributed by atoms with Crippen LogP contribution in [0.4, 0.5) is 5.82 Å². The maximum Gasteiger partial charge on any atom is 0.161 e. The van der Waals surface area contributed by atoms with Gasteiger partial charge in [-0.3, -0.25) is 4.98 Å². The molecule has 6 rings (SSSR count). The number of morpholine rings is 1. The van der Waals surface area contributed by atoms with Crippen LogP contribution in [-0.4, -0.2) is 34.6 Å². The molecule has 1 fully saturated rings. The third-order valence-electron chi connectivity index (χ3n) is 6.64. The fourth-order valence-corrected chi connectivity index (χ4v) is 5.24. The summed E-state index contributed by atoms with van der Waals surface area (Å²) < 4.78 is 6.45. The molecule has 2 aliphatic carbocycles. The molecular weight excluding hydrogens is 360 g/mol. The van der Waals surface area contributed by atoms with Gasteiger partial charge in [0.2, 0.25) is 0 Å². The quantitative estimate of drug-likeness (QED) is 0.674. The molecule has 0 saturated carbocycles. The first-order valence-electron chi connectivity index (χ1n) is 10.6. The van der Waals surface area contributed by atoms with E-state index in [1.54, 1.807) is 0 Å². The molecule has 5 heteroatoms. The topological polar surface area (TPSA) is 51.1 Å². The number of hydrogen-bond acceptors (Lipinski definition) is 5. The predicted molar refractivity (Wildman–Crippen MR) is 112 cm³/mol. The van der Waals surface area contributed by atoms with E-state index in [1.165, 1.54) is 22.4 Å². The first-order valence-corrected chi connectivity index (χ1v) is 10.6. The van der Waals surface area contributed by atoms with Crippen LogP contribution in [0.25, 0.3) is 11.4 Å². The molecule has 29 heavy (non-hydrogen) atoms. The molecule has 2 aromatic heterocycles. The standard InChI is InChI=1S/C24H24N4O/c1-2-6-20-17(4-1)8-11-24(20)16-28(14-15-29-24)23-19-5-3-7-21(19)26-22(27-23)18-9-12-25-13-10-18/h1-2,4,6,9-10,12-13H,3,5,7-8,11,14-16H2. The van der Waals surface area contributed by atoms with Gasteiger partial charge in [0.1, 0.15) is 11.4 Å². The van der Waals surface area contributed by atoms with E-state index in [4.69, 9.17) is 14.7 Å². The summed E-state index contributed by atoms with van der Waals surface area (Å²) in [6.45, 7) is 2.48. The molecule has 3 heterocycles. The monoisotopic (exact) mass is 384 g/mol. The maximum absolute atomic E-state index is 6.45. The lowest BCUT2D eigenvalue weighted by molar-refractivity contribution is -0.0594. The molecule has 0 N–H and O–H groups in total. The summed E-state index contributed by atoms with van der Waals surface area (Å²) in [5.41, 5.74) is 6.18. The van der Waals surface area contributed by atoms with Crippen LogP contribution in [-0.2, 0) is 29.6 Å². The molecule has 0 bridgehead atoms. The lowest BCUT2D eigenvalue weighted by Crippen LogP contribution is -2.49. The fraction of sp³-hybridized carbons (Fsp3) is 0.375. The van der Waals surface area contributed by atoms with Gasteiger partial charge >= 0.3 is 0 Å². The molecule has 1 atom stereocenters. The van der Waals surface area contributed by atoms with E-state index < -0.39 is 0 Å². The number of ether oxygens (including phenoxy) is 1. The summed E-state index contributed by atoms with van der Waals surface area (Å²) >= 11 is 0. The number of aryl methyl sites for hydroxylation is 2. The van der Waals surface area contributed by atoms with Crippen LogP contribution in [0, 0.1) is 0 Å². The molecule has 0 amide bonds. The van der Waals surface area contributed by atoms with Crippen LogP contribution in [0.3, 0.4) is 0 Å². The molecule has 3 aliphatic rings. The second-order valence-corrected chi connectivity index (χ2v) is 8.31. The number of hydrogen-bond donors (Lipinski definition) is 0. The van der Waals surface area contributed by atoms with Crippen molar-refractivity contribution in [2.75, 3.05) is 24.6 Å². The second kappa shape index (κ2) is 6.63. The zero-order chi connectivity index (χ0) is 19.3. The van der Waals surface area contributed by atoms with Gasteiger partial charge in [0.25, 0.3) is 0 Å². The summed E-state index contributed by atoms with van der Waals surface area (Å²) in [6.07, 6.45) is 9.04. The molecular formula is C24H24N4O. The summed E-state index contributed by atoms with van der Waals surface area (Å²) in [7, 11) is 0. The number of benzene rings is 1. The molecule has 0 radical (unpaired) electrons. The first kappa shape index (κ1) is 17.1. The Hall–Kier alpha value is -2.79. The van der Waals surface area contributed by atoms with Gasteiger partial charge in [0.05, 0.1) is 13.2 Å². The van der Waals surface area contributed by atoms with E-state index in [0.29, 0.717) is 0 Å². The van der Waals surface area contributed by atoms with Crippen molar-refractivity contribution in [2.45, 2.75) is 37.7 Å². The molecule has 1 aliphatic heterocycles. The number of nitrogens with zero attached hydrogens (tertiary/aromatic N) is 4. The predicted octanol–water partition coefficient (Wildman–Crippen LogP) is 3.71. The van der Waals surface area contributed by atoms with Crippen molar-refractivity contribution in [3.8, 4) is 11.4 Å². The number of pyridine rings is 1. The molecule has 1 spiro atoms. The number of aromatic nitrogens is 3. The van der Waals surface area contributed by atoms with Crippen LogP contribution in [0.1, 0.15) is 35.2 Å². The molecule has 146 valence electrons. The van der Waals surface area contributed by atoms with E-state index in [9.17, 15) is 0 Å². The molecule has 1 unspecified atom stereocenters. The van der Waals surface area contributed by atoms with E-state index >= 15 is 0 Å². The van der Waals surface area contributed by atoms with E-state index in [0.717, 1.165) is 69.0 Å². The zero-order valence-corrected chi connectivity index (χ0v) is 16.5. The van der Waals surface area contributed by atoms with Crippen molar-refractivity contribution in [2.24, 2.45) is 0 Å². The Morgan fingerprint density at radius 2 is 1.86 bits per heavy atom. The van der Waals surface area contributed by atoms with Gasteiger partial charge in [-0.05, 0) is 55.4 Å². The van der Waals surface area contributed by atoms with Crippen molar-refractivity contribution in [1.82, 2.24) is 15.0 Å². The van der Waals surface area contributed by atoms with Gasteiger partial charge in [-0.1, -0.05) is 24.3 Å². The van der Waals surface area contributed by atoms with Crippen molar-refractivity contribution >= 4 is 5.82 Å². The van der Waals surface area contributed by atoms with Gasteiger partial charge in [-0.15, -0.1) is 0 Å². The van der Waals surface area contributed by atoms with Crippen LogP contribution >= 0.6 is 0 Å². The smallest absolute Gasteiger partial charge is 0.161 e. The molecule has 1 aromatic carbocycles. The lowest BCUT2D eigenvalue weighted by Gasteiger charge is -2.42. The highest BCUT2D eigenvalue weighted by Crippen LogP contribution is 2.43. The van der Waals surface area contributed by atoms with Gasteiger partial charge in [0.15, 0.2) is 5.82 Å². The Kier molecular flexibility index (Phi) is 3.91. The average Bonchev–Trinajstić information content (AvgIpc) is 3.39. The average molecular weight is 384 g/mol. The van der Waals surface area contributed by atoms with Gasteiger partial charge in [-0.2, -0.15) is 0 Å². The Bertz CT molecular complexity index is 1060. The van der Waals surface area contributed by atoms with E-state index in [2.05, 4.69) is 34.1 Å².